The fraction of sp³-hybridized carbons (Fsp3) is 0.316. The average Bonchev–Trinajstić information content (AvgIpc) is 2.59. The van der Waals surface area contributed by atoms with Crippen molar-refractivity contribution in [3.05, 3.63) is 65.7 Å². The third-order valence-corrected chi connectivity index (χ3v) is 3.88. The van der Waals surface area contributed by atoms with Crippen molar-refractivity contribution in [2.75, 3.05) is 6.61 Å². The van der Waals surface area contributed by atoms with Crippen LogP contribution in [0, 0.1) is 6.92 Å². The molecule has 0 aliphatic heterocycles. The van der Waals surface area contributed by atoms with E-state index in [1.165, 1.54) is 0 Å². The molecule has 0 saturated heterocycles. The van der Waals surface area contributed by atoms with Gasteiger partial charge in [-0.05, 0) is 43.0 Å². The van der Waals surface area contributed by atoms with Crippen LogP contribution in [0.1, 0.15) is 24.0 Å². The molecule has 6 heteroatoms. The normalized spacial score (nSPS) is 11.6. The molecule has 0 aliphatic carbocycles. The van der Waals surface area contributed by atoms with E-state index in [2.05, 4.69) is 5.32 Å². The van der Waals surface area contributed by atoms with E-state index in [9.17, 15) is 14.8 Å². The van der Waals surface area contributed by atoms with Gasteiger partial charge in [0.1, 0.15) is 5.75 Å². The zero-order valence-corrected chi connectivity index (χ0v) is 14.4. The van der Waals surface area contributed by atoms with Gasteiger partial charge in [-0.1, -0.05) is 42.5 Å². The standard InChI is InChI=1S/C19H24BNO4/c1-15-6-5-9-17(14-15)25-13-12-19(22)21-18(20(23)24)11-10-16-7-3-2-4-8-16/h2-9,14,18,23-24H,10-13H2,1H3,(H,21,22)/t18-/m0/s1. The molecular weight excluding hydrogens is 317 g/mol. The molecule has 2 rings (SSSR count). The third kappa shape index (κ3) is 6.99. The number of aryl methyl sites for hydroxylation is 2. The summed E-state index contributed by atoms with van der Waals surface area (Å²) in [7, 11) is -1.59. The van der Waals surface area contributed by atoms with Gasteiger partial charge in [-0.25, -0.2) is 0 Å². The van der Waals surface area contributed by atoms with Crippen molar-refractivity contribution in [2.45, 2.75) is 32.1 Å². The minimum absolute atomic E-state index is 0.155. The van der Waals surface area contributed by atoms with E-state index in [1.54, 1.807) is 0 Å². The van der Waals surface area contributed by atoms with Gasteiger partial charge in [-0.15, -0.1) is 0 Å². The lowest BCUT2D eigenvalue weighted by Crippen LogP contribution is -2.47. The third-order valence-electron chi connectivity index (χ3n) is 3.88. The summed E-state index contributed by atoms with van der Waals surface area (Å²) in [5, 5.41) is 21.6. The minimum Gasteiger partial charge on any atom is -0.493 e. The molecule has 1 atom stereocenters. The first-order chi connectivity index (χ1) is 12.0. The molecule has 0 aliphatic rings. The summed E-state index contributed by atoms with van der Waals surface area (Å²) < 4.78 is 5.54. The Kier molecular flexibility index (Phi) is 7.50. The van der Waals surface area contributed by atoms with Crippen LogP contribution in [0.2, 0.25) is 0 Å². The summed E-state index contributed by atoms with van der Waals surface area (Å²) >= 11 is 0. The Morgan fingerprint density at radius 2 is 1.92 bits per heavy atom. The van der Waals surface area contributed by atoms with E-state index in [0.29, 0.717) is 12.8 Å². The molecule has 0 spiro atoms. The Morgan fingerprint density at radius 1 is 1.16 bits per heavy atom. The zero-order valence-electron chi connectivity index (χ0n) is 14.4. The predicted molar refractivity (Wildman–Crippen MR) is 98.2 cm³/mol. The Bertz CT molecular complexity index is 663. The molecule has 2 aromatic rings. The van der Waals surface area contributed by atoms with E-state index in [4.69, 9.17) is 4.74 Å². The van der Waals surface area contributed by atoms with Crippen LogP contribution in [0.3, 0.4) is 0 Å². The van der Waals surface area contributed by atoms with Gasteiger partial charge in [0.25, 0.3) is 0 Å². The van der Waals surface area contributed by atoms with E-state index in [0.717, 1.165) is 16.9 Å². The van der Waals surface area contributed by atoms with Crippen LogP contribution < -0.4 is 10.1 Å². The summed E-state index contributed by atoms with van der Waals surface area (Å²) in [6.45, 7) is 2.21. The van der Waals surface area contributed by atoms with Crippen molar-refractivity contribution < 1.29 is 19.6 Å². The van der Waals surface area contributed by atoms with Gasteiger partial charge < -0.3 is 20.1 Å². The fourth-order valence-corrected chi connectivity index (χ4v) is 2.51. The average molecular weight is 341 g/mol. The number of amides is 1. The second-order valence-corrected chi connectivity index (χ2v) is 6.03. The molecule has 0 fully saturated rings. The molecule has 3 N–H and O–H groups in total. The van der Waals surface area contributed by atoms with Gasteiger partial charge in [0.05, 0.1) is 19.0 Å². The van der Waals surface area contributed by atoms with Gasteiger partial charge in [0.2, 0.25) is 5.91 Å². The summed E-state index contributed by atoms with van der Waals surface area (Å²) in [5.41, 5.74) is 2.18. The molecule has 0 bridgehead atoms. The van der Waals surface area contributed by atoms with Gasteiger partial charge in [0, 0.05) is 0 Å². The van der Waals surface area contributed by atoms with Crippen LogP contribution in [-0.4, -0.2) is 35.6 Å². The van der Waals surface area contributed by atoms with Gasteiger partial charge in [-0.2, -0.15) is 0 Å². The molecule has 0 heterocycles. The van der Waals surface area contributed by atoms with Gasteiger partial charge in [0.15, 0.2) is 0 Å². The second kappa shape index (κ2) is 9.86. The lowest BCUT2D eigenvalue weighted by atomic mass is 9.76. The first-order valence-electron chi connectivity index (χ1n) is 8.43. The van der Waals surface area contributed by atoms with Gasteiger partial charge >= 0.3 is 7.12 Å². The maximum atomic E-state index is 12.0. The van der Waals surface area contributed by atoms with Crippen molar-refractivity contribution in [1.82, 2.24) is 5.32 Å². The highest BCUT2D eigenvalue weighted by Crippen LogP contribution is 2.12. The number of hydrogen-bond acceptors (Lipinski definition) is 4. The van der Waals surface area contributed by atoms with Crippen molar-refractivity contribution in [1.29, 1.82) is 0 Å². The van der Waals surface area contributed by atoms with Crippen LogP contribution in [0.15, 0.2) is 54.6 Å². The van der Waals surface area contributed by atoms with E-state index < -0.39 is 13.1 Å². The zero-order chi connectivity index (χ0) is 18.1. The monoisotopic (exact) mass is 341 g/mol. The highest BCUT2D eigenvalue weighted by atomic mass is 16.5. The summed E-state index contributed by atoms with van der Waals surface area (Å²) in [6, 6.07) is 17.3. The first kappa shape index (κ1) is 19.0. The van der Waals surface area contributed by atoms with Crippen molar-refractivity contribution in [3.8, 4) is 5.75 Å². The highest BCUT2D eigenvalue weighted by Gasteiger charge is 2.24. The lowest BCUT2D eigenvalue weighted by molar-refractivity contribution is -0.122. The number of carbonyl (C=O) groups is 1. The topological polar surface area (TPSA) is 78.8 Å². The smallest absolute Gasteiger partial charge is 0.475 e. The second-order valence-electron chi connectivity index (χ2n) is 6.03. The molecule has 0 unspecified atom stereocenters. The van der Waals surface area contributed by atoms with E-state index in [-0.39, 0.29) is 18.9 Å². The van der Waals surface area contributed by atoms with Crippen LogP contribution in [0.5, 0.6) is 5.75 Å². The molecule has 0 radical (unpaired) electrons. The molecule has 0 aromatic heterocycles. The summed E-state index contributed by atoms with van der Waals surface area (Å²) in [6.07, 6.45) is 1.26. The van der Waals surface area contributed by atoms with Gasteiger partial charge in [-0.3, -0.25) is 4.79 Å². The first-order valence-corrected chi connectivity index (χ1v) is 8.43. The molecule has 2 aromatic carbocycles. The largest absolute Gasteiger partial charge is 0.493 e. The number of benzene rings is 2. The minimum atomic E-state index is -1.59. The Morgan fingerprint density at radius 3 is 2.60 bits per heavy atom. The summed E-state index contributed by atoms with van der Waals surface area (Å²) in [4.78, 5) is 12.0. The fourth-order valence-electron chi connectivity index (χ4n) is 2.51. The quantitative estimate of drug-likeness (QED) is 0.609. The Hall–Kier alpha value is -2.31. The number of ether oxygens (including phenoxy) is 1. The summed E-state index contributed by atoms with van der Waals surface area (Å²) in [5.74, 6) is -0.249. The Balaban J connectivity index is 1.75. The van der Waals surface area contributed by atoms with Crippen LogP contribution in [-0.2, 0) is 11.2 Å². The van der Waals surface area contributed by atoms with E-state index in [1.807, 2.05) is 61.5 Å². The molecule has 1 amide bonds. The molecule has 5 nitrogen and oxygen atoms in total. The van der Waals surface area contributed by atoms with E-state index >= 15 is 0 Å². The molecular formula is C19H24BNO4. The van der Waals surface area contributed by atoms with Crippen molar-refractivity contribution in [3.63, 3.8) is 0 Å². The Labute approximate surface area is 148 Å². The number of rotatable bonds is 9. The molecule has 25 heavy (non-hydrogen) atoms. The maximum absolute atomic E-state index is 12.0. The van der Waals surface area contributed by atoms with Crippen LogP contribution >= 0.6 is 0 Å². The number of hydrogen-bond donors (Lipinski definition) is 3. The van der Waals surface area contributed by atoms with Crippen LogP contribution in [0.4, 0.5) is 0 Å². The van der Waals surface area contributed by atoms with Crippen molar-refractivity contribution >= 4 is 13.0 Å². The molecule has 132 valence electrons. The lowest BCUT2D eigenvalue weighted by Gasteiger charge is -2.18. The van der Waals surface area contributed by atoms with Crippen molar-refractivity contribution in [2.24, 2.45) is 0 Å². The maximum Gasteiger partial charge on any atom is 0.475 e. The SMILES string of the molecule is Cc1cccc(OCCC(=O)N[C@@H](CCc2ccccc2)B(O)O)c1. The predicted octanol–water partition coefficient (Wildman–Crippen LogP) is 1.89. The molecule has 0 saturated carbocycles. The number of nitrogens with one attached hydrogen (secondary N) is 1. The van der Waals surface area contributed by atoms with Crippen LogP contribution in [0.25, 0.3) is 0 Å². The highest BCUT2D eigenvalue weighted by molar-refractivity contribution is 6.43. The number of carbonyl (C=O) groups excluding carboxylic acids is 1.